The summed E-state index contributed by atoms with van der Waals surface area (Å²) in [6, 6.07) is 6.29. The predicted octanol–water partition coefficient (Wildman–Crippen LogP) is 2.13. The fourth-order valence-electron chi connectivity index (χ4n) is 2.31. The summed E-state index contributed by atoms with van der Waals surface area (Å²) in [5.74, 6) is 0. The number of hydrogen-bond acceptors (Lipinski definition) is 3. The second-order valence-corrected chi connectivity index (χ2v) is 6.87. The quantitative estimate of drug-likeness (QED) is 0.803. The second-order valence-electron chi connectivity index (χ2n) is 5.10. The molecule has 0 radical (unpaired) electrons. The first-order valence-corrected chi connectivity index (χ1v) is 7.81. The van der Waals surface area contributed by atoms with Crippen LogP contribution in [0.3, 0.4) is 0 Å². The maximum absolute atomic E-state index is 12.1. The third kappa shape index (κ3) is 2.67. The Morgan fingerprint density at radius 1 is 1.28 bits per heavy atom. The summed E-state index contributed by atoms with van der Waals surface area (Å²) in [7, 11) is -3.40. The number of sulfonamides is 1. The highest BCUT2D eigenvalue weighted by atomic mass is 32.2. The topological polar surface area (TPSA) is 72.2 Å². The van der Waals surface area contributed by atoms with E-state index in [0.717, 1.165) is 19.3 Å². The Bertz CT molecular complexity index is 499. The maximum Gasteiger partial charge on any atom is 0.240 e. The molecule has 0 saturated heterocycles. The van der Waals surface area contributed by atoms with Gasteiger partial charge in [0.25, 0.3) is 0 Å². The smallest absolute Gasteiger partial charge is 0.240 e. The van der Waals surface area contributed by atoms with Gasteiger partial charge in [0, 0.05) is 12.2 Å². The Morgan fingerprint density at radius 2 is 1.89 bits per heavy atom. The summed E-state index contributed by atoms with van der Waals surface area (Å²) in [6.45, 7) is 2.66. The van der Waals surface area contributed by atoms with Crippen LogP contribution in [0.4, 0.5) is 5.69 Å². The fraction of sp³-hybridized carbons (Fsp3) is 0.538. The van der Waals surface area contributed by atoms with Gasteiger partial charge in [-0.25, -0.2) is 13.1 Å². The van der Waals surface area contributed by atoms with Gasteiger partial charge in [0.1, 0.15) is 0 Å². The molecule has 0 spiro atoms. The van der Waals surface area contributed by atoms with Crippen LogP contribution in [0.25, 0.3) is 0 Å². The van der Waals surface area contributed by atoms with Crippen molar-refractivity contribution in [2.24, 2.45) is 5.41 Å². The summed E-state index contributed by atoms with van der Waals surface area (Å²) >= 11 is 0. The second kappa shape index (κ2) is 4.90. The lowest BCUT2D eigenvalue weighted by Gasteiger charge is -2.41. The average Bonchev–Trinajstić information content (AvgIpc) is 2.29. The first-order chi connectivity index (χ1) is 8.47. The van der Waals surface area contributed by atoms with Gasteiger partial charge < -0.3 is 5.73 Å². The molecule has 1 fully saturated rings. The Kier molecular flexibility index (Phi) is 3.64. The van der Waals surface area contributed by atoms with Crippen molar-refractivity contribution in [3.8, 4) is 0 Å². The van der Waals surface area contributed by atoms with Crippen LogP contribution in [0.5, 0.6) is 0 Å². The van der Waals surface area contributed by atoms with Crippen LogP contribution in [0.1, 0.15) is 32.6 Å². The first-order valence-electron chi connectivity index (χ1n) is 6.33. The predicted molar refractivity (Wildman–Crippen MR) is 72.6 cm³/mol. The molecule has 0 heterocycles. The van der Waals surface area contributed by atoms with Crippen molar-refractivity contribution < 1.29 is 8.42 Å². The van der Waals surface area contributed by atoms with Gasteiger partial charge in [-0.15, -0.1) is 0 Å². The Morgan fingerprint density at radius 3 is 2.33 bits per heavy atom. The zero-order chi connectivity index (χ0) is 13.2. The summed E-state index contributed by atoms with van der Waals surface area (Å²) in [4.78, 5) is 0.280. The molecule has 0 atom stereocenters. The third-order valence-electron chi connectivity index (χ3n) is 3.99. The molecule has 2 rings (SSSR count). The molecule has 1 aliphatic rings. The number of nitrogens with one attached hydrogen (secondary N) is 1. The Labute approximate surface area is 109 Å². The lowest BCUT2D eigenvalue weighted by atomic mass is 9.67. The number of rotatable bonds is 5. The van der Waals surface area contributed by atoms with Gasteiger partial charge in [-0.3, -0.25) is 0 Å². The van der Waals surface area contributed by atoms with E-state index in [1.54, 1.807) is 12.1 Å². The molecule has 0 amide bonds. The SMILES string of the molecule is CCC1(CNS(=O)(=O)c2ccc(N)cc2)CCC1. The Balaban J connectivity index is 2.05. The van der Waals surface area contributed by atoms with E-state index in [9.17, 15) is 8.42 Å². The highest BCUT2D eigenvalue weighted by Gasteiger charge is 2.36. The molecule has 0 bridgehead atoms. The highest BCUT2D eigenvalue weighted by molar-refractivity contribution is 7.89. The van der Waals surface area contributed by atoms with E-state index in [4.69, 9.17) is 5.73 Å². The number of nitrogen functional groups attached to an aromatic ring is 1. The van der Waals surface area contributed by atoms with Crippen LogP contribution < -0.4 is 10.5 Å². The summed E-state index contributed by atoms with van der Waals surface area (Å²) in [5, 5.41) is 0. The monoisotopic (exact) mass is 268 g/mol. The zero-order valence-electron chi connectivity index (χ0n) is 10.6. The molecule has 1 saturated carbocycles. The maximum atomic E-state index is 12.1. The molecular weight excluding hydrogens is 248 g/mol. The lowest BCUT2D eigenvalue weighted by molar-refractivity contribution is 0.133. The average molecular weight is 268 g/mol. The number of hydrogen-bond donors (Lipinski definition) is 2. The van der Waals surface area contributed by atoms with E-state index < -0.39 is 10.0 Å². The molecule has 18 heavy (non-hydrogen) atoms. The van der Waals surface area contributed by atoms with Gasteiger partial charge in [-0.05, 0) is 48.9 Å². The standard InChI is InChI=1S/C13H20N2O2S/c1-2-13(8-3-9-13)10-15-18(16,17)12-6-4-11(14)5-7-12/h4-7,15H,2-3,8-10,14H2,1H3. The van der Waals surface area contributed by atoms with Gasteiger partial charge in [0.2, 0.25) is 10.0 Å². The first kappa shape index (κ1) is 13.4. The molecule has 0 aliphatic heterocycles. The van der Waals surface area contributed by atoms with Crippen molar-refractivity contribution in [3.05, 3.63) is 24.3 Å². The molecule has 5 heteroatoms. The Hall–Kier alpha value is -1.07. The van der Waals surface area contributed by atoms with Crippen molar-refractivity contribution >= 4 is 15.7 Å². The van der Waals surface area contributed by atoms with E-state index in [1.807, 2.05) is 0 Å². The largest absolute Gasteiger partial charge is 0.399 e. The molecule has 1 aromatic rings. The molecule has 100 valence electrons. The van der Waals surface area contributed by atoms with E-state index in [1.165, 1.54) is 18.6 Å². The van der Waals surface area contributed by atoms with Crippen LogP contribution >= 0.6 is 0 Å². The van der Waals surface area contributed by atoms with Gasteiger partial charge in [0.05, 0.1) is 4.90 Å². The van der Waals surface area contributed by atoms with Crippen LogP contribution in [0.2, 0.25) is 0 Å². The van der Waals surface area contributed by atoms with Crippen LogP contribution in [-0.4, -0.2) is 15.0 Å². The molecule has 3 N–H and O–H groups in total. The molecule has 4 nitrogen and oxygen atoms in total. The van der Waals surface area contributed by atoms with E-state index in [0.29, 0.717) is 12.2 Å². The van der Waals surface area contributed by atoms with Crippen molar-refractivity contribution in [2.45, 2.75) is 37.5 Å². The highest BCUT2D eigenvalue weighted by Crippen LogP contribution is 2.43. The van der Waals surface area contributed by atoms with Crippen molar-refractivity contribution in [3.63, 3.8) is 0 Å². The molecular formula is C13H20N2O2S. The van der Waals surface area contributed by atoms with E-state index >= 15 is 0 Å². The minimum Gasteiger partial charge on any atom is -0.399 e. The van der Waals surface area contributed by atoms with Crippen LogP contribution in [-0.2, 0) is 10.0 Å². The fourth-order valence-corrected chi connectivity index (χ4v) is 3.47. The van der Waals surface area contributed by atoms with Gasteiger partial charge in [-0.1, -0.05) is 13.3 Å². The summed E-state index contributed by atoms with van der Waals surface area (Å²) in [5.41, 5.74) is 6.30. The molecule has 1 aliphatic carbocycles. The number of nitrogens with two attached hydrogens (primary N) is 1. The van der Waals surface area contributed by atoms with Crippen LogP contribution in [0.15, 0.2) is 29.2 Å². The number of anilines is 1. The lowest BCUT2D eigenvalue weighted by Crippen LogP contribution is -2.41. The van der Waals surface area contributed by atoms with Crippen LogP contribution in [0, 0.1) is 5.41 Å². The van der Waals surface area contributed by atoms with Crippen molar-refractivity contribution in [2.75, 3.05) is 12.3 Å². The summed E-state index contributed by atoms with van der Waals surface area (Å²) in [6.07, 6.45) is 4.47. The molecule has 1 aromatic carbocycles. The minimum atomic E-state index is -3.40. The van der Waals surface area contributed by atoms with Crippen molar-refractivity contribution in [1.29, 1.82) is 0 Å². The normalized spacial score (nSPS) is 18.3. The zero-order valence-corrected chi connectivity index (χ0v) is 11.5. The minimum absolute atomic E-state index is 0.181. The number of benzene rings is 1. The van der Waals surface area contributed by atoms with E-state index in [-0.39, 0.29) is 10.3 Å². The molecule has 0 unspecified atom stereocenters. The third-order valence-corrected chi connectivity index (χ3v) is 5.41. The van der Waals surface area contributed by atoms with Crippen molar-refractivity contribution in [1.82, 2.24) is 4.72 Å². The van der Waals surface area contributed by atoms with E-state index in [2.05, 4.69) is 11.6 Å². The van der Waals surface area contributed by atoms with Gasteiger partial charge >= 0.3 is 0 Å². The summed E-state index contributed by atoms with van der Waals surface area (Å²) < 4.78 is 26.9. The molecule has 0 aromatic heterocycles. The van der Waals surface area contributed by atoms with Gasteiger partial charge in [0.15, 0.2) is 0 Å². The van der Waals surface area contributed by atoms with Gasteiger partial charge in [-0.2, -0.15) is 0 Å².